The van der Waals surface area contributed by atoms with Crippen molar-refractivity contribution < 1.29 is 14.7 Å². The summed E-state index contributed by atoms with van der Waals surface area (Å²) in [6.45, 7) is 1.52. The van der Waals surface area contributed by atoms with Gasteiger partial charge in [0.2, 0.25) is 0 Å². The maximum absolute atomic E-state index is 11.6. The van der Waals surface area contributed by atoms with Crippen LogP contribution in [0.25, 0.3) is 0 Å². The molecule has 0 aromatic carbocycles. The first-order chi connectivity index (χ1) is 7.91. The Bertz CT molecular complexity index is 414. The number of carbonyl (C=O) groups is 2. The molecule has 0 spiro atoms. The number of rotatable bonds is 4. The van der Waals surface area contributed by atoms with Crippen molar-refractivity contribution in [1.29, 1.82) is 0 Å². The van der Waals surface area contributed by atoms with E-state index in [2.05, 4.69) is 10.3 Å². The average molecular weight is 237 g/mol. The lowest BCUT2D eigenvalue weighted by Gasteiger charge is -2.12. The molecule has 0 saturated heterocycles. The molecule has 0 aliphatic carbocycles. The third kappa shape index (κ3) is 3.44. The number of anilines is 1. The van der Waals surface area contributed by atoms with Gasteiger partial charge < -0.3 is 15.3 Å². The first-order valence-corrected chi connectivity index (χ1v) is 5.09. The van der Waals surface area contributed by atoms with E-state index in [1.807, 2.05) is 0 Å². The maximum Gasteiger partial charge on any atom is 0.325 e. The molecular formula is C11H15N3O3. The van der Waals surface area contributed by atoms with Crippen LogP contribution >= 0.6 is 0 Å². The van der Waals surface area contributed by atoms with E-state index in [0.717, 1.165) is 0 Å². The van der Waals surface area contributed by atoms with E-state index in [0.29, 0.717) is 11.4 Å². The number of amides is 1. The van der Waals surface area contributed by atoms with E-state index >= 15 is 0 Å². The maximum atomic E-state index is 11.6. The van der Waals surface area contributed by atoms with E-state index < -0.39 is 12.0 Å². The number of nitrogens with one attached hydrogen (secondary N) is 1. The van der Waals surface area contributed by atoms with Crippen molar-refractivity contribution in [3.05, 3.63) is 23.9 Å². The molecule has 1 aromatic heterocycles. The van der Waals surface area contributed by atoms with Gasteiger partial charge in [-0.1, -0.05) is 0 Å². The molecule has 92 valence electrons. The Labute approximate surface area is 99.3 Å². The van der Waals surface area contributed by atoms with Gasteiger partial charge in [0.25, 0.3) is 5.91 Å². The van der Waals surface area contributed by atoms with Gasteiger partial charge in [0.1, 0.15) is 11.9 Å². The van der Waals surface area contributed by atoms with Gasteiger partial charge in [0, 0.05) is 20.3 Å². The van der Waals surface area contributed by atoms with Gasteiger partial charge in [0.15, 0.2) is 0 Å². The first kappa shape index (κ1) is 13.0. The number of nitrogens with zero attached hydrogens (tertiary/aromatic N) is 2. The van der Waals surface area contributed by atoms with Gasteiger partial charge in [-0.05, 0) is 19.1 Å². The van der Waals surface area contributed by atoms with Crippen LogP contribution in [-0.2, 0) is 4.79 Å². The highest BCUT2D eigenvalue weighted by Gasteiger charge is 2.12. The molecule has 6 nitrogen and oxygen atoms in total. The van der Waals surface area contributed by atoms with Crippen LogP contribution in [0.1, 0.15) is 17.3 Å². The summed E-state index contributed by atoms with van der Waals surface area (Å²) in [5.74, 6) is -0.675. The topological polar surface area (TPSA) is 82.5 Å². The van der Waals surface area contributed by atoms with Gasteiger partial charge in [-0.25, -0.2) is 4.98 Å². The minimum absolute atomic E-state index is 0.143. The summed E-state index contributed by atoms with van der Waals surface area (Å²) >= 11 is 0. The number of hydrogen-bond acceptors (Lipinski definition) is 4. The molecule has 0 saturated carbocycles. The standard InChI is InChI=1S/C11H15N3O3/c1-7(11(16)17)13-9-5-4-8(6-12-9)10(15)14(2)3/h4-7H,1-3H3,(H,12,13)(H,16,17). The van der Waals surface area contributed by atoms with Gasteiger partial charge in [-0.15, -0.1) is 0 Å². The number of aromatic nitrogens is 1. The normalized spacial score (nSPS) is 11.7. The van der Waals surface area contributed by atoms with Crippen LogP contribution in [0, 0.1) is 0 Å². The summed E-state index contributed by atoms with van der Waals surface area (Å²) in [6, 6.07) is 2.46. The number of carbonyl (C=O) groups excluding carboxylic acids is 1. The second-order valence-corrected chi connectivity index (χ2v) is 3.84. The Kier molecular flexibility index (Phi) is 4.03. The van der Waals surface area contributed by atoms with E-state index in [9.17, 15) is 9.59 Å². The number of carboxylic acid groups (broad SMARTS) is 1. The Balaban J connectivity index is 2.75. The first-order valence-electron chi connectivity index (χ1n) is 5.09. The van der Waals surface area contributed by atoms with E-state index in [1.165, 1.54) is 18.0 Å². The molecule has 6 heteroatoms. The van der Waals surface area contributed by atoms with Crippen molar-refractivity contribution in [3.8, 4) is 0 Å². The van der Waals surface area contributed by atoms with Gasteiger partial charge in [-0.2, -0.15) is 0 Å². The molecule has 0 aliphatic heterocycles. The van der Waals surface area contributed by atoms with Crippen LogP contribution in [0.15, 0.2) is 18.3 Å². The summed E-state index contributed by atoms with van der Waals surface area (Å²) < 4.78 is 0. The van der Waals surface area contributed by atoms with Crippen molar-refractivity contribution in [2.45, 2.75) is 13.0 Å². The number of aliphatic carboxylic acids is 1. The Morgan fingerprint density at radius 3 is 2.47 bits per heavy atom. The lowest BCUT2D eigenvalue weighted by molar-refractivity contribution is -0.137. The van der Waals surface area contributed by atoms with Crippen LogP contribution in [0.5, 0.6) is 0 Å². The van der Waals surface area contributed by atoms with Crippen molar-refractivity contribution in [2.75, 3.05) is 19.4 Å². The van der Waals surface area contributed by atoms with E-state index in [4.69, 9.17) is 5.11 Å². The predicted molar refractivity (Wildman–Crippen MR) is 63.0 cm³/mol. The predicted octanol–water partition coefficient (Wildman–Crippen LogP) is 0.668. The summed E-state index contributed by atoms with van der Waals surface area (Å²) in [4.78, 5) is 27.6. The largest absolute Gasteiger partial charge is 0.480 e. The molecule has 1 heterocycles. The molecule has 17 heavy (non-hydrogen) atoms. The molecule has 1 atom stereocenters. The molecule has 1 aromatic rings. The van der Waals surface area contributed by atoms with Crippen molar-refractivity contribution >= 4 is 17.7 Å². The molecule has 1 unspecified atom stereocenters. The highest BCUT2D eigenvalue weighted by molar-refractivity contribution is 5.93. The quantitative estimate of drug-likeness (QED) is 0.804. The van der Waals surface area contributed by atoms with Gasteiger partial charge in [0.05, 0.1) is 5.56 Å². The average Bonchev–Trinajstić information content (AvgIpc) is 2.28. The number of pyridine rings is 1. The third-order valence-corrected chi connectivity index (χ3v) is 2.15. The van der Waals surface area contributed by atoms with Crippen LogP contribution < -0.4 is 5.32 Å². The Morgan fingerprint density at radius 2 is 2.06 bits per heavy atom. The second-order valence-electron chi connectivity index (χ2n) is 3.84. The minimum Gasteiger partial charge on any atom is -0.480 e. The monoisotopic (exact) mass is 237 g/mol. The van der Waals surface area contributed by atoms with Crippen LogP contribution in [0.3, 0.4) is 0 Å². The van der Waals surface area contributed by atoms with Gasteiger partial charge in [-0.3, -0.25) is 9.59 Å². The third-order valence-electron chi connectivity index (χ3n) is 2.15. The van der Waals surface area contributed by atoms with Crippen molar-refractivity contribution in [1.82, 2.24) is 9.88 Å². The summed E-state index contributed by atoms with van der Waals surface area (Å²) in [5.41, 5.74) is 0.462. The second kappa shape index (κ2) is 5.29. The summed E-state index contributed by atoms with van der Waals surface area (Å²) in [6.07, 6.45) is 1.42. The molecule has 0 fully saturated rings. The molecule has 0 radical (unpaired) electrons. The van der Waals surface area contributed by atoms with Crippen LogP contribution in [0.2, 0.25) is 0 Å². The number of carboxylic acids is 1. The number of hydrogen-bond donors (Lipinski definition) is 2. The zero-order valence-electron chi connectivity index (χ0n) is 9.97. The Morgan fingerprint density at radius 1 is 1.41 bits per heavy atom. The van der Waals surface area contributed by atoms with Crippen LogP contribution in [0.4, 0.5) is 5.82 Å². The minimum atomic E-state index is -0.958. The van der Waals surface area contributed by atoms with Crippen LogP contribution in [-0.4, -0.2) is 47.0 Å². The molecule has 0 bridgehead atoms. The zero-order valence-corrected chi connectivity index (χ0v) is 9.97. The molecule has 1 rings (SSSR count). The highest BCUT2D eigenvalue weighted by atomic mass is 16.4. The highest BCUT2D eigenvalue weighted by Crippen LogP contribution is 2.08. The molecule has 1 amide bonds. The zero-order chi connectivity index (χ0) is 13.0. The van der Waals surface area contributed by atoms with Crippen molar-refractivity contribution in [2.24, 2.45) is 0 Å². The van der Waals surface area contributed by atoms with E-state index in [1.54, 1.807) is 26.2 Å². The fourth-order valence-electron chi connectivity index (χ4n) is 1.15. The fourth-order valence-corrected chi connectivity index (χ4v) is 1.15. The van der Waals surface area contributed by atoms with Crippen molar-refractivity contribution in [3.63, 3.8) is 0 Å². The smallest absolute Gasteiger partial charge is 0.325 e. The van der Waals surface area contributed by atoms with E-state index in [-0.39, 0.29) is 5.91 Å². The molecular weight excluding hydrogens is 222 g/mol. The lowest BCUT2D eigenvalue weighted by atomic mass is 10.2. The molecule has 0 aliphatic rings. The summed E-state index contributed by atoms with van der Waals surface area (Å²) in [7, 11) is 3.31. The van der Waals surface area contributed by atoms with Gasteiger partial charge >= 0.3 is 5.97 Å². The SMILES string of the molecule is CC(Nc1ccc(C(=O)N(C)C)cn1)C(=O)O. The molecule has 2 N–H and O–H groups in total. The Hall–Kier alpha value is -2.11. The lowest BCUT2D eigenvalue weighted by Crippen LogP contribution is -2.26. The summed E-state index contributed by atoms with van der Waals surface area (Å²) in [5, 5.41) is 11.4. The fraction of sp³-hybridized carbons (Fsp3) is 0.364.